The first-order valence-electron chi connectivity index (χ1n) is 6.78. The van der Waals surface area contributed by atoms with Gasteiger partial charge in [-0.05, 0) is 43.1 Å². The van der Waals surface area contributed by atoms with Gasteiger partial charge in [-0.25, -0.2) is 0 Å². The lowest BCUT2D eigenvalue weighted by atomic mass is 9.97. The van der Waals surface area contributed by atoms with Crippen LogP contribution in [0.5, 0.6) is 0 Å². The fourth-order valence-corrected chi connectivity index (χ4v) is 2.45. The predicted octanol–water partition coefficient (Wildman–Crippen LogP) is 1.86. The average molecular weight is 261 g/mol. The largest absolute Gasteiger partial charge is 0.378 e. The molecule has 1 amide bonds. The summed E-state index contributed by atoms with van der Waals surface area (Å²) < 4.78 is 0. The van der Waals surface area contributed by atoms with Crippen LogP contribution in [0, 0.1) is 18.8 Å². The zero-order valence-corrected chi connectivity index (χ0v) is 12.2. The SMILES string of the molecule is Cc1cc(N(C)C)ccc1NC(=O)C1CNCC1C. The van der Waals surface area contributed by atoms with Crippen molar-refractivity contribution in [3.05, 3.63) is 23.8 Å². The molecule has 0 aliphatic carbocycles. The topological polar surface area (TPSA) is 44.4 Å². The van der Waals surface area contributed by atoms with Gasteiger partial charge in [-0.3, -0.25) is 4.79 Å². The maximum Gasteiger partial charge on any atom is 0.229 e. The number of amides is 1. The third-order valence-corrected chi connectivity index (χ3v) is 3.84. The van der Waals surface area contributed by atoms with Gasteiger partial charge in [0.15, 0.2) is 0 Å². The fourth-order valence-electron chi connectivity index (χ4n) is 2.45. The number of aryl methyl sites for hydroxylation is 1. The van der Waals surface area contributed by atoms with Crippen molar-refractivity contribution in [1.29, 1.82) is 0 Å². The van der Waals surface area contributed by atoms with Crippen LogP contribution in [0.15, 0.2) is 18.2 Å². The van der Waals surface area contributed by atoms with E-state index >= 15 is 0 Å². The quantitative estimate of drug-likeness (QED) is 0.873. The van der Waals surface area contributed by atoms with Crippen molar-refractivity contribution >= 4 is 17.3 Å². The van der Waals surface area contributed by atoms with E-state index in [1.54, 1.807) is 0 Å². The Kier molecular flexibility index (Phi) is 4.10. The lowest BCUT2D eigenvalue weighted by molar-refractivity contribution is -0.120. The Morgan fingerprint density at radius 1 is 1.37 bits per heavy atom. The van der Waals surface area contributed by atoms with Crippen molar-refractivity contribution in [3.8, 4) is 0 Å². The molecule has 0 aromatic heterocycles. The van der Waals surface area contributed by atoms with Crippen LogP contribution in [-0.4, -0.2) is 33.1 Å². The Morgan fingerprint density at radius 2 is 2.11 bits per heavy atom. The van der Waals surface area contributed by atoms with Gasteiger partial charge in [0.25, 0.3) is 0 Å². The van der Waals surface area contributed by atoms with Crippen LogP contribution in [0.25, 0.3) is 0 Å². The highest BCUT2D eigenvalue weighted by molar-refractivity contribution is 5.94. The molecule has 1 saturated heterocycles. The summed E-state index contributed by atoms with van der Waals surface area (Å²) in [5.41, 5.74) is 3.15. The first kappa shape index (κ1) is 13.9. The second kappa shape index (κ2) is 5.61. The molecule has 0 bridgehead atoms. The van der Waals surface area contributed by atoms with Gasteiger partial charge in [-0.15, -0.1) is 0 Å². The molecular weight excluding hydrogens is 238 g/mol. The molecule has 1 fully saturated rings. The lowest BCUT2D eigenvalue weighted by Gasteiger charge is -2.18. The number of rotatable bonds is 3. The summed E-state index contributed by atoms with van der Waals surface area (Å²) in [7, 11) is 4.03. The zero-order chi connectivity index (χ0) is 14.0. The minimum absolute atomic E-state index is 0.0768. The van der Waals surface area contributed by atoms with Gasteiger partial charge >= 0.3 is 0 Å². The van der Waals surface area contributed by atoms with Crippen LogP contribution in [-0.2, 0) is 4.79 Å². The van der Waals surface area contributed by atoms with Crippen molar-refractivity contribution in [1.82, 2.24) is 5.32 Å². The number of hydrogen-bond acceptors (Lipinski definition) is 3. The number of carbonyl (C=O) groups excluding carboxylic acids is 1. The molecule has 0 spiro atoms. The van der Waals surface area contributed by atoms with Crippen LogP contribution < -0.4 is 15.5 Å². The lowest BCUT2D eigenvalue weighted by Crippen LogP contribution is -2.28. The van der Waals surface area contributed by atoms with E-state index in [1.807, 2.05) is 33.2 Å². The predicted molar refractivity (Wildman–Crippen MR) is 79.7 cm³/mol. The molecular formula is C15H23N3O. The molecule has 0 radical (unpaired) electrons. The molecule has 2 N–H and O–H groups in total. The maximum atomic E-state index is 12.2. The van der Waals surface area contributed by atoms with E-state index in [4.69, 9.17) is 0 Å². The summed E-state index contributed by atoms with van der Waals surface area (Å²) in [6, 6.07) is 6.10. The average Bonchev–Trinajstić information content (AvgIpc) is 2.77. The zero-order valence-electron chi connectivity index (χ0n) is 12.2. The third kappa shape index (κ3) is 3.07. The molecule has 4 heteroatoms. The maximum absolute atomic E-state index is 12.2. The second-order valence-corrected chi connectivity index (χ2v) is 5.62. The highest BCUT2D eigenvalue weighted by Crippen LogP contribution is 2.23. The summed E-state index contributed by atoms with van der Waals surface area (Å²) in [6.45, 7) is 5.85. The standard InChI is InChI=1S/C15H23N3O/c1-10-7-12(18(3)4)5-6-14(10)17-15(19)13-9-16-8-11(13)2/h5-7,11,13,16H,8-9H2,1-4H3,(H,17,19). The Bertz CT molecular complexity index is 470. The van der Waals surface area contributed by atoms with Gasteiger partial charge in [-0.1, -0.05) is 6.92 Å². The minimum Gasteiger partial charge on any atom is -0.378 e. The van der Waals surface area contributed by atoms with Gasteiger partial charge in [0, 0.05) is 32.0 Å². The molecule has 1 aromatic carbocycles. The summed E-state index contributed by atoms with van der Waals surface area (Å²) in [5, 5.41) is 6.31. The first-order valence-corrected chi connectivity index (χ1v) is 6.78. The third-order valence-electron chi connectivity index (χ3n) is 3.84. The van der Waals surface area contributed by atoms with Crippen molar-refractivity contribution in [2.75, 3.05) is 37.4 Å². The van der Waals surface area contributed by atoms with Crippen molar-refractivity contribution in [3.63, 3.8) is 0 Å². The van der Waals surface area contributed by atoms with Gasteiger partial charge in [0.1, 0.15) is 0 Å². The normalized spacial score (nSPS) is 22.3. The number of nitrogens with zero attached hydrogens (tertiary/aromatic N) is 1. The van der Waals surface area contributed by atoms with Crippen LogP contribution in [0.2, 0.25) is 0 Å². The molecule has 2 rings (SSSR count). The molecule has 2 atom stereocenters. The summed E-state index contributed by atoms with van der Waals surface area (Å²) in [4.78, 5) is 14.3. The highest BCUT2D eigenvalue weighted by atomic mass is 16.1. The number of nitrogens with one attached hydrogen (secondary N) is 2. The Labute approximate surface area is 115 Å². The number of benzene rings is 1. The Hall–Kier alpha value is -1.55. The molecule has 4 nitrogen and oxygen atoms in total. The minimum atomic E-state index is 0.0768. The van der Waals surface area contributed by atoms with Crippen molar-refractivity contribution in [2.45, 2.75) is 13.8 Å². The smallest absolute Gasteiger partial charge is 0.229 e. The van der Waals surface area contributed by atoms with Crippen molar-refractivity contribution < 1.29 is 4.79 Å². The van der Waals surface area contributed by atoms with E-state index < -0.39 is 0 Å². The molecule has 1 aliphatic heterocycles. The Balaban J connectivity index is 2.09. The molecule has 2 unspecified atom stereocenters. The van der Waals surface area contributed by atoms with E-state index in [0.29, 0.717) is 5.92 Å². The molecule has 1 aromatic rings. The van der Waals surface area contributed by atoms with Gasteiger partial charge in [0.2, 0.25) is 5.91 Å². The van der Waals surface area contributed by atoms with E-state index in [9.17, 15) is 4.79 Å². The number of carbonyl (C=O) groups is 1. The molecule has 1 heterocycles. The second-order valence-electron chi connectivity index (χ2n) is 5.62. The van der Waals surface area contributed by atoms with Crippen LogP contribution in [0.1, 0.15) is 12.5 Å². The summed E-state index contributed by atoms with van der Waals surface area (Å²) in [6.07, 6.45) is 0. The number of hydrogen-bond donors (Lipinski definition) is 2. The van der Waals surface area contributed by atoms with Crippen molar-refractivity contribution in [2.24, 2.45) is 11.8 Å². The van der Waals surface area contributed by atoms with E-state index in [-0.39, 0.29) is 11.8 Å². The first-order chi connectivity index (χ1) is 8.99. The van der Waals surface area contributed by atoms with E-state index in [2.05, 4.69) is 28.5 Å². The van der Waals surface area contributed by atoms with Crippen LogP contribution in [0.3, 0.4) is 0 Å². The molecule has 19 heavy (non-hydrogen) atoms. The fraction of sp³-hybridized carbons (Fsp3) is 0.533. The summed E-state index contributed by atoms with van der Waals surface area (Å²) >= 11 is 0. The van der Waals surface area contributed by atoms with Gasteiger partial charge < -0.3 is 15.5 Å². The number of anilines is 2. The van der Waals surface area contributed by atoms with Crippen LogP contribution >= 0.6 is 0 Å². The van der Waals surface area contributed by atoms with E-state index in [0.717, 1.165) is 30.0 Å². The molecule has 104 valence electrons. The van der Waals surface area contributed by atoms with Gasteiger partial charge in [-0.2, -0.15) is 0 Å². The van der Waals surface area contributed by atoms with Gasteiger partial charge in [0.05, 0.1) is 5.92 Å². The highest BCUT2D eigenvalue weighted by Gasteiger charge is 2.29. The molecule has 1 aliphatic rings. The summed E-state index contributed by atoms with van der Waals surface area (Å²) in [5.74, 6) is 0.604. The van der Waals surface area contributed by atoms with E-state index in [1.165, 1.54) is 0 Å². The molecule has 0 saturated carbocycles. The van der Waals surface area contributed by atoms with Crippen LogP contribution in [0.4, 0.5) is 11.4 Å². The monoisotopic (exact) mass is 261 g/mol. The Morgan fingerprint density at radius 3 is 2.63 bits per heavy atom.